The van der Waals surface area contributed by atoms with E-state index in [0.717, 1.165) is 29.2 Å². The summed E-state index contributed by atoms with van der Waals surface area (Å²) in [6, 6.07) is 6.22. The maximum Gasteiger partial charge on any atom is 0.227 e. The fraction of sp³-hybridized carbons (Fsp3) is 0.667. The summed E-state index contributed by atoms with van der Waals surface area (Å²) in [5, 5.41) is 0. The number of ether oxygens (including phenoxy) is 2. The van der Waals surface area contributed by atoms with E-state index in [1.165, 1.54) is 32.1 Å². The Morgan fingerprint density at radius 1 is 1.00 bits per heavy atom. The van der Waals surface area contributed by atoms with Crippen LogP contribution in [-0.2, 0) is 11.2 Å². The van der Waals surface area contributed by atoms with Crippen LogP contribution in [0, 0.1) is 23.7 Å². The second-order valence-corrected chi connectivity index (χ2v) is 8.29. The molecule has 4 fully saturated rings. The van der Waals surface area contributed by atoms with Gasteiger partial charge < -0.3 is 14.4 Å². The maximum absolute atomic E-state index is 12.9. The highest BCUT2D eigenvalue weighted by Crippen LogP contribution is 2.55. The molecular formula is C21H29NO3. The van der Waals surface area contributed by atoms with Crippen LogP contribution in [0.5, 0.6) is 11.5 Å². The molecule has 4 heteroatoms. The Bertz CT molecular complexity index is 629. The van der Waals surface area contributed by atoms with Crippen LogP contribution < -0.4 is 9.47 Å². The molecule has 1 aromatic rings. The molecule has 0 saturated heterocycles. The second-order valence-electron chi connectivity index (χ2n) is 8.29. The van der Waals surface area contributed by atoms with E-state index in [9.17, 15) is 4.79 Å². The molecule has 0 atom stereocenters. The highest BCUT2D eigenvalue weighted by molar-refractivity contribution is 5.79. The summed E-state index contributed by atoms with van der Waals surface area (Å²) in [4.78, 5) is 15.0. The highest BCUT2D eigenvalue weighted by atomic mass is 16.5. The molecule has 136 valence electrons. The van der Waals surface area contributed by atoms with Gasteiger partial charge in [0, 0.05) is 13.1 Å². The molecule has 0 spiro atoms. The topological polar surface area (TPSA) is 38.8 Å². The van der Waals surface area contributed by atoms with Gasteiger partial charge >= 0.3 is 0 Å². The predicted molar refractivity (Wildman–Crippen MR) is 96.9 cm³/mol. The number of amides is 1. The molecule has 1 amide bonds. The van der Waals surface area contributed by atoms with Gasteiger partial charge in [-0.05, 0) is 73.5 Å². The minimum absolute atomic E-state index is 0.227. The summed E-state index contributed by atoms with van der Waals surface area (Å²) in [5.74, 6) is 4.95. The molecule has 4 bridgehead atoms. The third kappa shape index (κ3) is 3.00. The Morgan fingerprint density at radius 2 is 1.60 bits per heavy atom. The van der Waals surface area contributed by atoms with Gasteiger partial charge in [-0.2, -0.15) is 0 Å². The summed E-state index contributed by atoms with van der Waals surface area (Å²) in [6.45, 7) is 0. The smallest absolute Gasteiger partial charge is 0.227 e. The summed E-state index contributed by atoms with van der Waals surface area (Å²) < 4.78 is 10.6. The van der Waals surface area contributed by atoms with Gasteiger partial charge in [-0.25, -0.2) is 0 Å². The zero-order valence-electron chi connectivity index (χ0n) is 15.5. The van der Waals surface area contributed by atoms with Gasteiger partial charge in [-0.3, -0.25) is 4.79 Å². The van der Waals surface area contributed by atoms with Gasteiger partial charge in [0.15, 0.2) is 11.5 Å². The maximum atomic E-state index is 12.9. The minimum atomic E-state index is 0.227. The molecule has 5 rings (SSSR count). The molecule has 0 aliphatic heterocycles. The van der Waals surface area contributed by atoms with Crippen molar-refractivity contribution in [2.24, 2.45) is 23.7 Å². The lowest BCUT2D eigenvalue weighted by Gasteiger charge is -2.56. The van der Waals surface area contributed by atoms with Crippen molar-refractivity contribution in [1.29, 1.82) is 0 Å². The number of likely N-dealkylation sites (N-methyl/N-ethyl adjacent to an activating group) is 1. The van der Waals surface area contributed by atoms with Crippen LogP contribution in [0.25, 0.3) is 0 Å². The lowest BCUT2D eigenvalue weighted by Crippen LogP contribution is -2.56. The Morgan fingerprint density at radius 3 is 2.16 bits per heavy atom. The lowest BCUT2D eigenvalue weighted by molar-refractivity contribution is -0.140. The Balaban J connectivity index is 1.46. The predicted octanol–water partition coefficient (Wildman–Crippen LogP) is 3.53. The number of benzene rings is 1. The van der Waals surface area contributed by atoms with Crippen molar-refractivity contribution in [3.63, 3.8) is 0 Å². The fourth-order valence-corrected chi connectivity index (χ4v) is 5.99. The van der Waals surface area contributed by atoms with E-state index < -0.39 is 0 Å². The molecule has 0 aromatic heterocycles. The molecule has 0 unspecified atom stereocenters. The van der Waals surface area contributed by atoms with E-state index in [-0.39, 0.29) is 5.91 Å². The Hall–Kier alpha value is -1.71. The fourth-order valence-electron chi connectivity index (χ4n) is 5.99. The van der Waals surface area contributed by atoms with Gasteiger partial charge in [0.25, 0.3) is 0 Å². The number of carbonyl (C=O) groups is 1. The molecule has 0 heterocycles. The van der Waals surface area contributed by atoms with Crippen molar-refractivity contribution in [2.75, 3.05) is 21.3 Å². The van der Waals surface area contributed by atoms with E-state index in [1.807, 2.05) is 25.2 Å². The van der Waals surface area contributed by atoms with Crippen LogP contribution in [-0.4, -0.2) is 38.1 Å². The zero-order chi connectivity index (χ0) is 17.6. The molecule has 0 radical (unpaired) electrons. The molecule has 4 saturated carbocycles. The van der Waals surface area contributed by atoms with Crippen molar-refractivity contribution < 1.29 is 14.3 Å². The van der Waals surface area contributed by atoms with Crippen LogP contribution in [0.2, 0.25) is 0 Å². The van der Waals surface area contributed by atoms with Gasteiger partial charge in [-0.15, -0.1) is 0 Å². The Labute approximate surface area is 150 Å². The van der Waals surface area contributed by atoms with Crippen LogP contribution in [0.15, 0.2) is 18.2 Å². The number of nitrogens with zero attached hydrogens (tertiary/aromatic N) is 1. The molecular weight excluding hydrogens is 314 g/mol. The van der Waals surface area contributed by atoms with Gasteiger partial charge in [-0.1, -0.05) is 6.07 Å². The van der Waals surface area contributed by atoms with Gasteiger partial charge in [0.05, 0.1) is 20.6 Å². The van der Waals surface area contributed by atoms with Crippen molar-refractivity contribution in [1.82, 2.24) is 4.90 Å². The van der Waals surface area contributed by atoms with Crippen molar-refractivity contribution in [3.05, 3.63) is 23.8 Å². The minimum Gasteiger partial charge on any atom is -0.493 e. The van der Waals surface area contributed by atoms with Crippen molar-refractivity contribution in [3.8, 4) is 11.5 Å². The number of rotatable bonds is 5. The third-order valence-corrected chi connectivity index (χ3v) is 6.82. The van der Waals surface area contributed by atoms with E-state index in [0.29, 0.717) is 24.0 Å². The zero-order valence-corrected chi connectivity index (χ0v) is 15.5. The quantitative estimate of drug-likeness (QED) is 0.821. The first-order valence-corrected chi connectivity index (χ1v) is 9.55. The average Bonchev–Trinajstić information content (AvgIpc) is 2.60. The lowest BCUT2D eigenvalue weighted by atomic mass is 9.54. The first kappa shape index (κ1) is 16.7. The summed E-state index contributed by atoms with van der Waals surface area (Å²) in [5.41, 5.74) is 0.985. The van der Waals surface area contributed by atoms with Crippen LogP contribution in [0.1, 0.15) is 37.7 Å². The second kappa shape index (κ2) is 6.54. The molecule has 0 N–H and O–H groups in total. The summed E-state index contributed by atoms with van der Waals surface area (Å²) in [6.07, 6.45) is 7.23. The molecule has 1 aromatic carbocycles. The van der Waals surface area contributed by atoms with Crippen molar-refractivity contribution in [2.45, 2.75) is 44.6 Å². The third-order valence-electron chi connectivity index (χ3n) is 6.82. The number of methoxy groups -OCH3 is 2. The van der Waals surface area contributed by atoms with E-state index in [2.05, 4.69) is 4.90 Å². The number of hydrogen-bond acceptors (Lipinski definition) is 3. The first-order chi connectivity index (χ1) is 12.1. The van der Waals surface area contributed by atoms with Crippen LogP contribution >= 0.6 is 0 Å². The summed E-state index contributed by atoms with van der Waals surface area (Å²) in [7, 11) is 5.28. The Kier molecular flexibility index (Phi) is 4.38. The monoisotopic (exact) mass is 343 g/mol. The van der Waals surface area contributed by atoms with Gasteiger partial charge in [0.2, 0.25) is 5.91 Å². The van der Waals surface area contributed by atoms with Crippen molar-refractivity contribution >= 4 is 5.91 Å². The largest absolute Gasteiger partial charge is 0.493 e. The molecule has 25 heavy (non-hydrogen) atoms. The molecule has 4 aliphatic carbocycles. The highest BCUT2D eigenvalue weighted by Gasteiger charge is 2.50. The SMILES string of the molecule is COc1ccc(CC(=O)N(C)C2C3CC4CC(C3)CC2C4)cc1OC. The summed E-state index contributed by atoms with van der Waals surface area (Å²) >= 11 is 0. The molecule has 4 aliphatic rings. The van der Waals surface area contributed by atoms with Crippen LogP contribution in [0.3, 0.4) is 0 Å². The van der Waals surface area contributed by atoms with E-state index in [4.69, 9.17) is 9.47 Å². The van der Waals surface area contributed by atoms with E-state index in [1.54, 1.807) is 14.2 Å². The van der Waals surface area contributed by atoms with Gasteiger partial charge in [0.1, 0.15) is 0 Å². The molecule has 4 nitrogen and oxygen atoms in total. The normalized spacial score (nSPS) is 32.5. The van der Waals surface area contributed by atoms with E-state index >= 15 is 0 Å². The average molecular weight is 343 g/mol. The van der Waals surface area contributed by atoms with Crippen LogP contribution in [0.4, 0.5) is 0 Å². The number of hydrogen-bond donors (Lipinski definition) is 0. The first-order valence-electron chi connectivity index (χ1n) is 9.55. The number of carbonyl (C=O) groups excluding carboxylic acids is 1. The standard InChI is InChI=1S/C21H29NO3/c1-22(21-16-7-14-6-15(9-16)10-17(21)8-14)20(23)12-13-4-5-18(24-2)19(11-13)25-3/h4-5,11,14-17,21H,6-10,12H2,1-3H3.